The Kier molecular flexibility index (Phi) is 6.47. The molecule has 2 amide bonds. The number of hydrogen-bond donors (Lipinski definition) is 0. The molecule has 174 valence electrons. The molecular formula is C27H32N2O4. The number of carbonyl (C=O) groups excluding carboxylic acids is 2. The van der Waals surface area contributed by atoms with Crippen LogP contribution in [0.5, 0.6) is 0 Å². The van der Waals surface area contributed by atoms with E-state index in [2.05, 4.69) is 12.1 Å². The normalized spacial score (nSPS) is 26.2. The van der Waals surface area contributed by atoms with Crippen LogP contribution in [-0.2, 0) is 25.5 Å². The number of ether oxygens (including phenoxy) is 2. The van der Waals surface area contributed by atoms with Gasteiger partial charge >= 0.3 is 0 Å². The maximum atomic E-state index is 13.9. The standard InChI is InChI=1S/C27H32N2O4/c30-25(17-21-7-3-1-4-8-21)28-13-16-33-27(20-28)24(23-9-5-2-6-10-23)19-29(26(27)31)18-22-11-14-32-15-12-22/h1-10,22,24H,11-20H2/t24-,27+/m1/s1. The summed E-state index contributed by atoms with van der Waals surface area (Å²) in [6.07, 6.45) is 2.30. The van der Waals surface area contributed by atoms with E-state index in [1.54, 1.807) is 0 Å². The van der Waals surface area contributed by atoms with Crippen molar-refractivity contribution in [3.63, 3.8) is 0 Å². The highest BCUT2D eigenvalue weighted by Crippen LogP contribution is 2.42. The Morgan fingerprint density at radius 2 is 1.67 bits per heavy atom. The highest BCUT2D eigenvalue weighted by atomic mass is 16.5. The Hall–Kier alpha value is -2.70. The first-order valence-corrected chi connectivity index (χ1v) is 12.0. The van der Waals surface area contributed by atoms with Crippen LogP contribution < -0.4 is 0 Å². The number of nitrogens with zero attached hydrogens (tertiary/aromatic N) is 2. The third-order valence-corrected chi connectivity index (χ3v) is 7.33. The van der Waals surface area contributed by atoms with Crippen LogP contribution in [0.15, 0.2) is 60.7 Å². The van der Waals surface area contributed by atoms with E-state index in [0.717, 1.165) is 43.7 Å². The number of morpholine rings is 1. The number of amides is 2. The molecule has 0 radical (unpaired) electrons. The van der Waals surface area contributed by atoms with E-state index in [-0.39, 0.29) is 17.7 Å². The minimum absolute atomic E-state index is 0.0278. The summed E-state index contributed by atoms with van der Waals surface area (Å²) in [5.74, 6) is 0.429. The lowest BCUT2D eigenvalue weighted by molar-refractivity contribution is -0.167. The Balaban J connectivity index is 1.39. The first-order valence-electron chi connectivity index (χ1n) is 12.0. The zero-order chi connectivity index (χ0) is 22.7. The van der Waals surface area contributed by atoms with E-state index in [1.807, 2.05) is 58.3 Å². The van der Waals surface area contributed by atoms with Crippen molar-refractivity contribution in [2.24, 2.45) is 5.92 Å². The third-order valence-electron chi connectivity index (χ3n) is 7.33. The molecule has 2 atom stereocenters. The molecule has 5 rings (SSSR count). The molecule has 6 nitrogen and oxygen atoms in total. The van der Waals surface area contributed by atoms with Gasteiger partial charge in [-0.3, -0.25) is 9.59 Å². The zero-order valence-electron chi connectivity index (χ0n) is 19.0. The van der Waals surface area contributed by atoms with E-state index >= 15 is 0 Å². The van der Waals surface area contributed by atoms with Crippen molar-refractivity contribution in [1.29, 1.82) is 0 Å². The third kappa shape index (κ3) is 4.55. The zero-order valence-corrected chi connectivity index (χ0v) is 19.0. The van der Waals surface area contributed by atoms with Gasteiger partial charge in [-0.2, -0.15) is 0 Å². The summed E-state index contributed by atoms with van der Waals surface area (Å²) >= 11 is 0. The van der Waals surface area contributed by atoms with E-state index in [4.69, 9.17) is 9.47 Å². The van der Waals surface area contributed by atoms with Crippen molar-refractivity contribution in [1.82, 2.24) is 9.80 Å². The van der Waals surface area contributed by atoms with E-state index in [0.29, 0.717) is 38.6 Å². The Morgan fingerprint density at radius 1 is 0.970 bits per heavy atom. The fraction of sp³-hybridized carbons (Fsp3) is 0.481. The molecule has 0 N–H and O–H groups in total. The summed E-state index contributed by atoms with van der Waals surface area (Å²) in [6.45, 7) is 4.08. The molecule has 6 heteroatoms. The molecule has 0 saturated carbocycles. The number of carbonyl (C=O) groups is 2. The van der Waals surface area contributed by atoms with Gasteiger partial charge in [0, 0.05) is 38.8 Å². The van der Waals surface area contributed by atoms with Crippen LogP contribution in [0.3, 0.4) is 0 Å². The molecule has 3 aliphatic rings. The van der Waals surface area contributed by atoms with Crippen molar-refractivity contribution < 1.29 is 19.1 Å². The summed E-state index contributed by atoms with van der Waals surface area (Å²) in [5.41, 5.74) is 1.07. The predicted octanol–water partition coefficient (Wildman–Crippen LogP) is 2.88. The van der Waals surface area contributed by atoms with E-state index < -0.39 is 5.60 Å². The van der Waals surface area contributed by atoms with Crippen LogP contribution in [0.1, 0.15) is 29.9 Å². The van der Waals surface area contributed by atoms with Gasteiger partial charge in [-0.15, -0.1) is 0 Å². The maximum Gasteiger partial charge on any atom is 0.257 e. The number of benzene rings is 2. The fourth-order valence-corrected chi connectivity index (χ4v) is 5.51. The van der Waals surface area contributed by atoms with Crippen molar-refractivity contribution in [3.8, 4) is 0 Å². The molecule has 0 aliphatic carbocycles. The van der Waals surface area contributed by atoms with Gasteiger partial charge in [0.15, 0.2) is 5.60 Å². The van der Waals surface area contributed by atoms with Crippen molar-refractivity contribution in [2.75, 3.05) is 46.0 Å². The minimum Gasteiger partial charge on any atom is -0.381 e. The number of likely N-dealkylation sites (tertiary alicyclic amines) is 1. The molecule has 2 aromatic rings. The van der Waals surface area contributed by atoms with Gasteiger partial charge in [-0.05, 0) is 29.9 Å². The molecule has 3 aliphatic heterocycles. The SMILES string of the molecule is O=C(Cc1ccccc1)N1CCO[C@]2(C1)C(=O)N(CC1CCOCC1)C[C@@H]2c1ccccc1. The highest BCUT2D eigenvalue weighted by Gasteiger charge is 2.58. The van der Waals surface area contributed by atoms with Crippen molar-refractivity contribution >= 4 is 11.8 Å². The summed E-state index contributed by atoms with van der Waals surface area (Å²) in [6, 6.07) is 19.9. The van der Waals surface area contributed by atoms with Crippen molar-refractivity contribution in [2.45, 2.75) is 30.8 Å². The molecule has 1 spiro atoms. The predicted molar refractivity (Wildman–Crippen MR) is 125 cm³/mol. The largest absolute Gasteiger partial charge is 0.381 e. The van der Waals surface area contributed by atoms with Gasteiger partial charge in [0.05, 0.1) is 19.6 Å². The second-order valence-electron chi connectivity index (χ2n) is 9.44. The number of hydrogen-bond acceptors (Lipinski definition) is 4. The average molecular weight is 449 g/mol. The van der Waals surface area contributed by atoms with Crippen LogP contribution in [-0.4, -0.2) is 73.2 Å². The van der Waals surface area contributed by atoms with Crippen LogP contribution in [0.25, 0.3) is 0 Å². The second-order valence-corrected chi connectivity index (χ2v) is 9.44. The smallest absolute Gasteiger partial charge is 0.257 e. The Bertz CT molecular complexity index is 961. The highest BCUT2D eigenvalue weighted by molar-refractivity contribution is 5.91. The quantitative estimate of drug-likeness (QED) is 0.706. The molecule has 0 bridgehead atoms. The first-order chi connectivity index (χ1) is 16.2. The summed E-state index contributed by atoms with van der Waals surface area (Å²) in [4.78, 5) is 30.9. The van der Waals surface area contributed by atoms with E-state index in [9.17, 15) is 9.59 Å². The molecule has 2 aromatic carbocycles. The van der Waals surface area contributed by atoms with Crippen molar-refractivity contribution in [3.05, 3.63) is 71.8 Å². The lowest BCUT2D eigenvalue weighted by Crippen LogP contribution is -2.59. The monoisotopic (exact) mass is 448 g/mol. The molecule has 3 fully saturated rings. The molecule has 0 aromatic heterocycles. The lowest BCUT2D eigenvalue weighted by Gasteiger charge is -2.42. The maximum absolute atomic E-state index is 13.9. The summed E-state index contributed by atoms with van der Waals surface area (Å²) in [7, 11) is 0. The summed E-state index contributed by atoms with van der Waals surface area (Å²) < 4.78 is 11.9. The molecule has 3 heterocycles. The lowest BCUT2D eigenvalue weighted by atomic mass is 9.83. The Labute approximate surface area is 195 Å². The van der Waals surface area contributed by atoms with E-state index in [1.165, 1.54) is 0 Å². The number of rotatable bonds is 5. The van der Waals surface area contributed by atoms with Gasteiger partial charge < -0.3 is 19.3 Å². The molecule has 3 saturated heterocycles. The van der Waals surface area contributed by atoms with Crippen LogP contribution in [0, 0.1) is 5.92 Å². The minimum atomic E-state index is -1.02. The average Bonchev–Trinajstić information content (AvgIpc) is 3.11. The topological polar surface area (TPSA) is 59.1 Å². The van der Waals surface area contributed by atoms with Gasteiger partial charge in [0.2, 0.25) is 5.91 Å². The van der Waals surface area contributed by atoms with Crippen LogP contribution >= 0.6 is 0 Å². The van der Waals surface area contributed by atoms with Gasteiger partial charge in [-0.25, -0.2) is 0 Å². The molecular weight excluding hydrogens is 416 g/mol. The van der Waals surface area contributed by atoms with Gasteiger partial charge in [0.1, 0.15) is 0 Å². The summed E-state index contributed by atoms with van der Waals surface area (Å²) in [5, 5.41) is 0. The molecule has 33 heavy (non-hydrogen) atoms. The van der Waals surface area contributed by atoms with Crippen LogP contribution in [0.2, 0.25) is 0 Å². The van der Waals surface area contributed by atoms with Gasteiger partial charge in [0.25, 0.3) is 5.91 Å². The Morgan fingerprint density at radius 3 is 2.39 bits per heavy atom. The van der Waals surface area contributed by atoms with Crippen LogP contribution in [0.4, 0.5) is 0 Å². The molecule has 0 unspecified atom stereocenters. The fourth-order valence-electron chi connectivity index (χ4n) is 5.51. The van der Waals surface area contributed by atoms with Gasteiger partial charge in [-0.1, -0.05) is 60.7 Å². The second kappa shape index (κ2) is 9.65. The first kappa shape index (κ1) is 22.1.